The number of hydrogen-bond donors (Lipinski definition) is 5. The van der Waals surface area contributed by atoms with E-state index in [1.165, 1.54) is 0 Å². The van der Waals surface area contributed by atoms with Crippen molar-refractivity contribution in [3.05, 3.63) is 94.5 Å². The van der Waals surface area contributed by atoms with Crippen molar-refractivity contribution in [2.24, 2.45) is 0 Å². The number of aryl methyl sites for hydroxylation is 2. The Kier molecular flexibility index (Phi) is 6.66. The van der Waals surface area contributed by atoms with E-state index < -0.39 is 0 Å². The maximum absolute atomic E-state index is 12.7. The molecule has 0 saturated heterocycles. The van der Waals surface area contributed by atoms with Gasteiger partial charge in [-0.15, -0.1) is 0 Å². The molecule has 0 bridgehead atoms. The molecule has 0 unspecified atom stereocenters. The molecule has 0 fully saturated rings. The van der Waals surface area contributed by atoms with Crippen molar-refractivity contribution in [2.75, 3.05) is 21.3 Å². The number of urea groups is 1. The second kappa shape index (κ2) is 10.2. The van der Waals surface area contributed by atoms with E-state index in [1.807, 2.05) is 56.3 Å². The van der Waals surface area contributed by atoms with Crippen LogP contribution in [0, 0.1) is 6.92 Å². The zero-order valence-corrected chi connectivity index (χ0v) is 21.0. The van der Waals surface area contributed by atoms with Crippen LogP contribution in [-0.4, -0.2) is 21.9 Å². The van der Waals surface area contributed by atoms with Gasteiger partial charge < -0.3 is 26.3 Å². The largest absolute Gasteiger partial charge is 0.355 e. The van der Waals surface area contributed by atoms with E-state index in [2.05, 4.69) is 31.2 Å². The van der Waals surface area contributed by atoms with Crippen molar-refractivity contribution in [1.29, 1.82) is 0 Å². The van der Waals surface area contributed by atoms with Gasteiger partial charge in [-0.2, -0.15) is 0 Å². The number of hydrogen-bond acceptors (Lipinski definition) is 4. The van der Waals surface area contributed by atoms with Gasteiger partial charge in [0.1, 0.15) is 5.82 Å². The summed E-state index contributed by atoms with van der Waals surface area (Å²) in [6.07, 6.45) is 2.62. The topological polar surface area (TPSA) is 111 Å². The molecule has 0 atom stereocenters. The van der Waals surface area contributed by atoms with Crippen molar-refractivity contribution in [3.8, 4) is 0 Å². The van der Waals surface area contributed by atoms with Gasteiger partial charge >= 0.3 is 6.03 Å². The Morgan fingerprint density at radius 3 is 2.41 bits per heavy atom. The van der Waals surface area contributed by atoms with Crippen LogP contribution in [0.1, 0.15) is 29.7 Å². The lowest BCUT2D eigenvalue weighted by Gasteiger charge is -2.11. The summed E-state index contributed by atoms with van der Waals surface area (Å²) in [5.41, 5.74) is 6.61. The van der Waals surface area contributed by atoms with Crippen LogP contribution in [0.5, 0.6) is 0 Å². The lowest BCUT2D eigenvalue weighted by atomic mass is 10.0. The van der Waals surface area contributed by atoms with Crippen LogP contribution < -0.4 is 21.3 Å². The van der Waals surface area contributed by atoms with Gasteiger partial charge in [0.2, 0.25) is 0 Å². The smallest absolute Gasteiger partial charge is 0.323 e. The molecule has 186 valence electrons. The summed E-state index contributed by atoms with van der Waals surface area (Å²) >= 11 is 5.98. The van der Waals surface area contributed by atoms with E-state index in [-0.39, 0.29) is 11.9 Å². The number of nitrogens with zero attached hydrogens (tertiary/aromatic N) is 1. The van der Waals surface area contributed by atoms with E-state index in [1.54, 1.807) is 30.3 Å². The number of carbonyl (C=O) groups is 2. The van der Waals surface area contributed by atoms with Crippen LogP contribution in [0.15, 0.2) is 66.7 Å². The van der Waals surface area contributed by atoms with Crippen LogP contribution in [0.3, 0.4) is 0 Å². The first-order valence-electron chi connectivity index (χ1n) is 11.8. The Balaban J connectivity index is 1.29. The van der Waals surface area contributed by atoms with Gasteiger partial charge in [0.05, 0.1) is 17.0 Å². The molecule has 2 heterocycles. The third-order valence-corrected chi connectivity index (χ3v) is 6.12. The molecule has 0 aliphatic carbocycles. The Hall–Kier alpha value is -4.56. The number of nitrogens with one attached hydrogen (secondary N) is 5. The SMILES string of the molecule is CCc1nc(/C=C2/C(=O)Nc3cc(Nc4cccc(NC(=O)Nc5cccc(Cl)c5)c4)ccc32)c(C)[nH]1. The van der Waals surface area contributed by atoms with Crippen LogP contribution in [0.2, 0.25) is 5.02 Å². The molecular weight excluding hydrogens is 488 g/mol. The van der Waals surface area contributed by atoms with Gasteiger partial charge in [-0.1, -0.05) is 36.7 Å². The third kappa shape index (κ3) is 5.49. The first kappa shape index (κ1) is 24.1. The maximum Gasteiger partial charge on any atom is 0.323 e. The number of H-pyrrole nitrogens is 1. The lowest BCUT2D eigenvalue weighted by molar-refractivity contribution is -0.110. The van der Waals surface area contributed by atoms with Gasteiger partial charge in [-0.05, 0) is 61.5 Å². The summed E-state index contributed by atoms with van der Waals surface area (Å²) in [6.45, 7) is 3.98. The molecule has 3 amide bonds. The van der Waals surface area contributed by atoms with Crippen molar-refractivity contribution in [1.82, 2.24) is 9.97 Å². The number of anilines is 5. The molecule has 37 heavy (non-hydrogen) atoms. The molecule has 5 rings (SSSR count). The lowest BCUT2D eigenvalue weighted by Crippen LogP contribution is -2.19. The number of imidazole rings is 1. The second-order valence-electron chi connectivity index (χ2n) is 8.62. The quantitative estimate of drug-likeness (QED) is 0.183. The standard InChI is InChI=1S/C28H25ClN6O2/c1-3-26-30-16(2)24(34-26)15-23-22-11-10-21(14-25(22)35-27(23)36)31-19-8-5-9-20(13-19)33-28(37)32-18-7-4-6-17(29)12-18/h4-15,31H,3H2,1-2H3,(H,30,34)(H,35,36)(H2,32,33,37)/b23-15+. The summed E-state index contributed by atoms with van der Waals surface area (Å²) in [5, 5.41) is 12.4. The fourth-order valence-electron chi connectivity index (χ4n) is 4.10. The Bertz CT molecular complexity index is 1540. The summed E-state index contributed by atoms with van der Waals surface area (Å²) < 4.78 is 0. The first-order valence-corrected chi connectivity index (χ1v) is 12.2. The average Bonchev–Trinajstić information content (AvgIpc) is 3.37. The predicted octanol–water partition coefficient (Wildman–Crippen LogP) is 6.81. The molecule has 0 saturated carbocycles. The van der Waals surface area contributed by atoms with E-state index in [4.69, 9.17) is 11.6 Å². The highest BCUT2D eigenvalue weighted by Crippen LogP contribution is 2.36. The van der Waals surface area contributed by atoms with Crippen LogP contribution in [-0.2, 0) is 11.2 Å². The van der Waals surface area contributed by atoms with Gasteiger partial charge in [0, 0.05) is 45.5 Å². The summed E-state index contributed by atoms with van der Waals surface area (Å²) in [6, 6.07) is 19.6. The van der Waals surface area contributed by atoms with Crippen molar-refractivity contribution >= 4 is 63.6 Å². The molecule has 4 aromatic rings. The van der Waals surface area contributed by atoms with Gasteiger partial charge in [0.25, 0.3) is 5.91 Å². The monoisotopic (exact) mass is 512 g/mol. The third-order valence-electron chi connectivity index (χ3n) is 5.88. The van der Waals surface area contributed by atoms with Crippen molar-refractivity contribution < 1.29 is 9.59 Å². The molecule has 0 radical (unpaired) electrons. The van der Waals surface area contributed by atoms with Gasteiger partial charge in [0.15, 0.2) is 0 Å². The minimum Gasteiger partial charge on any atom is -0.355 e. The molecule has 1 aromatic heterocycles. The number of amides is 3. The fourth-order valence-corrected chi connectivity index (χ4v) is 4.29. The zero-order valence-electron chi connectivity index (χ0n) is 20.3. The highest BCUT2D eigenvalue weighted by molar-refractivity contribution is 6.35. The zero-order chi connectivity index (χ0) is 25.9. The Morgan fingerprint density at radius 1 is 0.973 bits per heavy atom. The molecule has 8 nitrogen and oxygen atoms in total. The van der Waals surface area contributed by atoms with Crippen molar-refractivity contribution in [2.45, 2.75) is 20.3 Å². The second-order valence-corrected chi connectivity index (χ2v) is 9.05. The molecule has 3 aromatic carbocycles. The Morgan fingerprint density at radius 2 is 1.68 bits per heavy atom. The molecule has 0 spiro atoms. The summed E-state index contributed by atoms with van der Waals surface area (Å²) in [5.74, 6) is 0.728. The van der Waals surface area contributed by atoms with E-state index in [0.717, 1.165) is 46.3 Å². The number of carbonyl (C=O) groups excluding carboxylic acids is 2. The fraction of sp³-hybridized carbons (Fsp3) is 0.107. The van der Waals surface area contributed by atoms with Crippen LogP contribution >= 0.6 is 11.6 Å². The normalized spacial score (nSPS) is 13.3. The Labute approximate surface area is 219 Å². The summed E-state index contributed by atoms with van der Waals surface area (Å²) in [7, 11) is 0. The van der Waals surface area contributed by atoms with E-state index in [0.29, 0.717) is 22.0 Å². The maximum atomic E-state index is 12.7. The highest BCUT2D eigenvalue weighted by atomic mass is 35.5. The van der Waals surface area contributed by atoms with Gasteiger partial charge in [-0.25, -0.2) is 9.78 Å². The first-order chi connectivity index (χ1) is 17.9. The molecule has 1 aliphatic rings. The highest BCUT2D eigenvalue weighted by Gasteiger charge is 2.25. The number of aromatic amines is 1. The number of benzene rings is 3. The average molecular weight is 513 g/mol. The molecule has 9 heteroatoms. The van der Waals surface area contributed by atoms with E-state index in [9.17, 15) is 9.59 Å². The van der Waals surface area contributed by atoms with Crippen LogP contribution in [0.25, 0.3) is 11.6 Å². The number of rotatable bonds is 6. The van der Waals surface area contributed by atoms with Crippen molar-refractivity contribution in [3.63, 3.8) is 0 Å². The van der Waals surface area contributed by atoms with E-state index >= 15 is 0 Å². The van der Waals surface area contributed by atoms with Crippen LogP contribution in [0.4, 0.5) is 33.2 Å². The minimum absolute atomic E-state index is 0.162. The number of halogens is 1. The molecular formula is C28H25ClN6O2. The number of fused-ring (bicyclic) bond motifs is 1. The molecule has 1 aliphatic heterocycles. The summed E-state index contributed by atoms with van der Waals surface area (Å²) in [4.78, 5) is 32.9. The molecule has 5 N–H and O–H groups in total. The minimum atomic E-state index is -0.378. The van der Waals surface area contributed by atoms with Gasteiger partial charge in [-0.3, -0.25) is 4.79 Å². The number of aromatic nitrogens is 2. The predicted molar refractivity (Wildman–Crippen MR) is 149 cm³/mol.